The zero-order valence-corrected chi connectivity index (χ0v) is 11.5. The molecular formula is C15H15Cl2N. The standard InChI is InChI=1S/C15H15Cl2N/c16-14-6-7-15(17)13(10-14)11-18-9-8-12-4-2-1-3-5-12/h1-7,10,18H,8-9,11H2. The van der Waals surface area contributed by atoms with Crippen LogP contribution in [0.15, 0.2) is 48.5 Å². The summed E-state index contributed by atoms with van der Waals surface area (Å²) in [4.78, 5) is 0. The van der Waals surface area contributed by atoms with Crippen molar-refractivity contribution in [3.05, 3.63) is 69.7 Å². The lowest BCUT2D eigenvalue weighted by atomic mass is 10.1. The molecular weight excluding hydrogens is 265 g/mol. The quantitative estimate of drug-likeness (QED) is 0.804. The van der Waals surface area contributed by atoms with E-state index in [4.69, 9.17) is 23.2 Å². The van der Waals surface area contributed by atoms with Gasteiger partial charge in [0.15, 0.2) is 0 Å². The second kappa shape index (κ2) is 6.79. The number of halogens is 2. The van der Waals surface area contributed by atoms with Crippen molar-refractivity contribution < 1.29 is 0 Å². The summed E-state index contributed by atoms with van der Waals surface area (Å²) >= 11 is 12.0. The van der Waals surface area contributed by atoms with E-state index in [2.05, 4.69) is 29.6 Å². The normalized spacial score (nSPS) is 10.6. The molecule has 0 fully saturated rings. The molecule has 2 rings (SSSR count). The highest BCUT2D eigenvalue weighted by molar-refractivity contribution is 6.33. The molecule has 0 atom stereocenters. The molecule has 18 heavy (non-hydrogen) atoms. The Balaban J connectivity index is 1.80. The summed E-state index contributed by atoms with van der Waals surface area (Å²) in [5.41, 5.74) is 2.37. The molecule has 0 bridgehead atoms. The monoisotopic (exact) mass is 279 g/mol. The van der Waals surface area contributed by atoms with Gasteiger partial charge in [0.1, 0.15) is 0 Å². The second-order valence-corrected chi connectivity index (χ2v) is 4.99. The Labute approximate surface area is 118 Å². The maximum absolute atomic E-state index is 6.09. The molecule has 1 N–H and O–H groups in total. The summed E-state index contributed by atoms with van der Waals surface area (Å²) in [6.07, 6.45) is 1.01. The van der Waals surface area contributed by atoms with Gasteiger partial charge in [-0.15, -0.1) is 0 Å². The van der Waals surface area contributed by atoms with Gasteiger partial charge in [-0.05, 0) is 42.3 Å². The zero-order chi connectivity index (χ0) is 12.8. The third-order valence-corrected chi connectivity index (χ3v) is 3.36. The summed E-state index contributed by atoms with van der Waals surface area (Å²) in [5, 5.41) is 4.85. The lowest BCUT2D eigenvalue weighted by Crippen LogP contribution is -2.16. The second-order valence-electron chi connectivity index (χ2n) is 4.15. The molecule has 0 aliphatic heterocycles. The average Bonchev–Trinajstić information content (AvgIpc) is 2.40. The molecule has 2 aromatic rings. The molecule has 0 unspecified atom stereocenters. The van der Waals surface area contributed by atoms with Crippen molar-refractivity contribution in [2.24, 2.45) is 0 Å². The number of hydrogen-bond donors (Lipinski definition) is 1. The van der Waals surface area contributed by atoms with Crippen molar-refractivity contribution in [2.75, 3.05) is 6.54 Å². The molecule has 1 nitrogen and oxygen atoms in total. The third-order valence-electron chi connectivity index (χ3n) is 2.76. The topological polar surface area (TPSA) is 12.0 Å². The lowest BCUT2D eigenvalue weighted by molar-refractivity contribution is 0.687. The minimum atomic E-state index is 0.722. The molecule has 3 heteroatoms. The van der Waals surface area contributed by atoms with E-state index in [1.807, 2.05) is 18.2 Å². The van der Waals surface area contributed by atoms with E-state index in [-0.39, 0.29) is 0 Å². The smallest absolute Gasteiger partial charge is 0.0451 e. The van der Waals surface area contributed by atoms with E-state index in [1.165, 1.54) is 5.56 Å². The Morgan fingerprint density at radius 2 is 1.72 bits per heavy atom. The Morgan fingerprint density at radius 1 is 0.944 bits per heavy atom. The van der Waals surface area contributed by atoms with E-state index in [0.717, 1.165) is 35.1 Å². The Hall–Kier alpha value is -1.02. The first-order chi connectivity index (χ1) is 8.75. The molecule has 0 saturated heterocycles. The first-order valence-corrected chi connectivity index (χ1v) is 6.70. The van der Waals surface area contributed by atoms with Crippen LogP contribution in [-0.2, 0) is 13.0 Å². The maximum Gasteiger partial charge on any atom is 0.0451 e. The third kappa shape index (κ3) is 4.02. The van der Waals surface area contributed by atoms with Crippen LogP contribution in [0.3, 0.4) is 0 Å². The molecule has 2 aromatic carbocycles. The molecule has 0 radical (unpaired) electrons. The van der Waals surface area contributed by atoms with Crippen LogP contribution in [0, 0.1) is 0 Å². The predicted molar refractivity (Wildman–Crippen MR) is 78.3 cm³/mol. The Morgan fingerprint density at radius 3 is 2.50 bits per heavy atom. The SMILES string of the molecule is Clc1ccc(Cl)c(CNCCc2ccccc2)c1. The van der Waals surface area contributed by atoms with Gasteiger partial charge in [0.05, 0.1) is 0 Å². The van der Waals surface area contributed by atoms with Crippen LogP contribution < -0.4 is 5.32 Å². The van der Waals surface area contributed by atoms with E-state index in [9.17, 15) is 0 Å². The Bertz CT molecular complexity index is 497. The van der Waals surface area contributed by atoms with Gasteiger partial charge in [-0.3, -0.25) is 0 Å². The van der Waals surface area contributed by atoms with Crippen molar-refractivity contribution in [3.8, 4) is 0 Å². The highest BCUT2D eigenvalue weighted by Gasteiger charge is 2.00. The van der Waals surface area contributed by atoms with Gasteiger partial charge in [0.25, 0.3) is 0 Å². The molecule has 94 valence electrons. The van der Waals surface area contributed by atoms with Gasteiger partial charge in [0.2, 0.25) is 0 Å². The summed E-state index contributed by atoms with van der Waals surface area (Å²) < 4.78 is 0. The summed E-state index contributed by atoms with van der Waals surface area (Å²) in [6.45, 7) is 1.67. The number of hydrogen-bond acceptors (Lipinski definition) is 1. The maximum atomic E-state index is 6.09. The van der Waals surface area contributed by atoms with Crippen molar-refractivity contribution >= 4 is 23.2 Å². The van der Waals surface area contributed by atoms with Crippen molar-refractivity contribution in [1.82, 2.24) is 5.32 Å². The summed E-state index contributed by atoms with van der Waals surface area (Å²) in [6, 6.07) is 16.0. The first-order valence-electron chi connectivity index (χ1n) is 5.94. The zero-order valence-electron chi connectivity index (χ0n) is 10.00. The van der Waals surface area contributed by atoms with Crippen LogP contribution in [0.2, 0.25) is 10.0 Å². The van der Waals surface area contributed by atoms with E-state index in [0.29, 0.717) is 0 Å². The first kappa shape index (κ1) is 13.4. The minimum Gasteiger partial charge on any atom is -0.312 e. The highest BCUT2D eigenvalue weighted by atomic mass is 35.5. The van der Waals surface area contributed by atoms with Gasteiger partial charge in [-0.25, -0.2) is 0 Å². The van der Waals surface area contributed by atoms with Crippen molar-refractivity contribution in [2.45, 2.75) is 13.0 Å². The van der Waals surface area contributed by atoms with Crippen molar-refractivity contribution in [3.63, 3.8) is 0 Å². The van der Waals surface area contributed by atoms with Crippen LogP contribution in [0.25, 0.3) is 0 Å². The number of rotatable bonds is 5. The molecule has 0 spiro atoms. The van der Waals surface area contributed by atoms with Gasteiger partial charge in [-0.1, -0.05) is 53.5 Å². The minimum absolute atomic E-state index is 0.722. The van der Waals surface area contributed by atoms with Gasteiger partial charge >= 0.3 is 0 Å². The lowest BCUT2D eigenvalue weighted by Gasteiger charge is -2.07. The molecule has 0 aliphatic carbocycles. The summed E-state index contributed by atoms with van der Waals surface area (Å²) in [5.74, 6) is 0. The van der Waals surface area contributed by atoms with E-state index in [1.54, 1.807) is 6.07 Å². The summed E-state index contributed by atoms with van der Waals surface area (Å²) in [7, 11) is 0. The van der Waals surface area contributed by atoms with Gasteiger partial charge in [-0.2, -0.15) is 0 Å². The molecule has 0 aromatic heterocycles. The van der Waals surface area contributed by atoms with Crippen LogP contribution in [0.1, 0.15) is 11.1 Å². The van der Waals surface area contributed by atoms with Crippen LogP contribution in [0.5, 0.6) is 0 Å². The predicted octanol–water partition coefficient (Wildman–Crippen LogP) is 4.33. The number of nitrogens with one attached hydrogen (secondary N) is 1. The van der Waals surface area contributed by atoms with Gasteiger partial charge < -0.3 is 5.32 Å². The van der Waals surface area contributed by atoms with Gasteiger partial charge in [0, 0.05) is 16.6 Å². The van der Waals surface area contributed by atoms with Crippen LogP contribution in [0.4, 0.5) is 0 Å². The fraction of sp³-hybridized carbons (Fsp3) is 0.200. The number of benzene rings is 2. The van der Waals surface area contributed by atoms with Crippen LogP contribution in [-0.4, -0.2) is 6.54 Å². The molecule has 0 aliphatic rings. The molecule has 0 heterocycles. The fourth-order valence-electron chi connectivity index (χ4n) is 1.78. The van der Waals surface area contributed by atoms with E-state index < -0.39 is 0 Å². The fourth-order valence-corrected chi connectivity index (χ4v) is 2.16. The molecule has 0 saturated carbocycles. The Kier molecular flexibility index (Phi) is 5.06. The average molecular weight is 280 g/mol. The highest BCUT2D eigenvalue weighted by Crippen LogP contribution is 2.20. The largest absolute Gasteiger partial charge is 0.312 e. The van der Waals surface area contributed by atoms with Crippen LogP contribution >= 0.6 is 23.2 Å². The van der Waals surface area contributed by atoms with E-state index >= 15 is 0 Å². The molecule has 0 amide bonds. The van der Waals surface area contributed by atoms with Crippen molar-refractivity contribution in [1.29, 1.82) is 0 Å².